The number of halogens is 3. The van der Waals surface area contributed by atoms with Gasteiger partial charge in [-0.25, -0.2) is 9.78 Å². The summed E-state index contributed by atoms with van der Waals surface area (Å²) < 4.78 is 48.2. The van der Waals surface area contributed by atoms with Crippen LogP contribution in [0.25, 0.3) is 11.3 Å². The number of hydrogen-bond donors (Lipinski definition) is 2. The number of aromatic amines is 1. The van der Waals surface area contributed by atoms with Gasteiger partial charge < -0.3 is 19.1 Å². The summed E-state index contributed by atoms with van der Waals surface area (Å²) in [5, 5.41) is 9.38. The number of carboxylic acids is 1. The Bertz CT molecular complexity index is 1060. The number of rotatable bonds is 7. The maximum absolute atomic E-state index is 11.1. The maximum Gasteiger partial charge on any atom is 0.490 e. The second kappa shape index (κ2) is 11.0. The predicted octanol–water partition coefficient (Wildman–Crippen LogP) is 4.07. The molecule has 0 spiro atoms. The van der Waals surface area contributed by atoms with Crippen LogP contribution in [0.1, 0.15) is 19.4 Å². The predicted molar refractivity (Wildman–Crippen MR) is 108 cm³/mol. The molecule has 0 bridgehead atoms. The normalized spacial score (nSPS) is 11.8. The van der Waals surface area contributed by atoms with Crippen molar-refractivity contribution < 1.29 is 37.1 Å². The van der Waals surface area contributed by atoms with Crippen LogP contribution in [0.4, 0.5) is 13.2 Å². The first kappa shape index (κ1) is 24.5. The molecule has 0 fully saturated rings. The third kappa shape index (κ3) is 7.82. The number of H-pyrrole nitrogens is 1. The van der Waals surface area contributed by atoms with E-state index in [0.717, 1.165) is 17.7 Å². The monoisotopic (exact) mass is 454 g/mol. The Balaban J connectivity index is 0.000000451. The SMILES string of the molecule is CCOc1cccc(CC(C)Oc2ccc(-c3cc(=O)[nH]o3)cn2)c1.O=C(O)C(F)(F)F. The fraction of sp³-hybridized carbons (Fsp3) is 0.286. The zero-order chi connectivity index (χ0) is 23.7. The largest absolute Gasteiger partial charge is 0.494 e. The van der Waals surface area contributed by atoms with E-state index in [1.165, 1.54) is 6.07 Å². The highest BCUT2D eigenvalue weighted by molar-refractivity contribution is 5.73. The number of benzene rings is 1. The lowest BCUT2D eigenvalue weighted by Gasteiger charge is -2.14. The molecule has 0 aliphatic heterocycles. The van der Waals surface area contributed by atoms with Gasteiger partial charge in [-0.2, -0.15) is 18.3 Å². The number of carbonyl (C=O) groups is 1. The zero-order valence-corrected chi connectivity index (χ0v) is 17.2. The summed E-state index contributed by atoms with van der Waals surface area (Å²) in [6.07, 6.45) is -2.76. The number of nitrogens with one attached hydrogen (secondary N) is 1. The van der Waals surface area contributed by atoms with E-state index in [1.54, 1.807) is 18.3 Å². The molecule has 3 rings (SSSR count). The highest BCUT2D eigenvalue weighted by Crippen LogP contribution is 2.20. The highest BCUT2D eigenvalue weighted by atomic mass is 19.4. The molecule has 0 aliphatic carbocycles. The maximum atomic E-state index is 11.1. The molecule has 2 aromatic heterocycles. The minimum atomic E-state index is -5.08. The van der Waals surface area contributed by atoms with E-state index in [1.807, 2.05) is 38.1 Å². The van der Waals surface area contributed by atoms with E-state index >= 15 is 0 Å². The summed E-state index contributed by atoms with van der Waals surface area (Å²) in [7, 11) is 0. The Hall–Kier alpha value is -3.76. The molecule has 0 amide bonds. The van der Waals surface area contributed by atoms with Crippen molar-refractivity contribution in [1.82, 2.24) is 10.1 Å². The first-order chi connectivity index (χ1) is 15.1. The molecule has 2 N–H and O–H groups in total. The molecule has 2 heterocycles. The van der Waals surface area contributed by atoms with Crippen molar-refractivity contribution in [2.75, 3.05) is 6.61 Å². The third-order valence-corrected chi connectivity index (χ3v) is 3.84. The molecule has 0 aliphatic rings. The Labute approximate surface area is 180 Å². The van der Waals surface area contributed by atoms with Crippen LogP contribution in [0.2, 0.25) is 0 Å². The van der Waals surface area contributed by atoms with Crippen LogP contribution in [-0.2, 0) is 11.2 Å². The number of ether oxygens (including phenoxy) is 2. The van der Waals surface area contributed by atoms with E-state index in [9.17, 15) is 18.0 Å². The van der Waals surface area contributed by atoms with Gasteiger partial charge in [-0.15, -0.1) is 0 Å². The van der Waals surface area contributed by atoms with Gasteiger partial charge in [-0.1, -0.05) is 12.1 Å². The second-order valence-corrected chi connectivity index (χ2v) is 6.48. The van der Waals surface area contributed by atoms with Gasteiger partial charge in [0.05, 0.1) is 12.7 Å². The molecule has 0 radical (unpaired) electrons. The van der Waals surface area contributed by atoms with Gasteiger partial charge in [0.2, 0.25) is 5.88 Å². The van der Waals surface area contributed by atoms with Crippen LogP contribution in [0, 0.1) is 0 Å². The van der Waals surface area contributed by atoms with Gasteiger partial charge >= 0.3 is 12.1 Å². The second-order valence-electron chi connectivity index (χ2n) is 6.48. The zero-order valence-electron chi connectivity index (χ0n) is 17.2. The Kier molecular flexibility index (Phi) is 8.45. The van der Waals surface area contributed by atoms with Gasteiger partial charge in [0, 0.05) is 24.2 Å². The van der Waals surface area contributed by atoms with Gasteiger partial charge in [0.25, 0.3) is 5.56 Å². The average molecular weight is 454 g/mol. The van der Waals surface area contributed by atoms with E-state index in [2.05, 4.69) is 10.1 Å². The standard InChI is InChI=1S/C19H20N2O4.C2HF3O2/c1-3-23-16-6-4-5-14(10-16)9-13(2)24-19-8-7-15(12-20-19)17-11-18(22)21-25-17;3-2(4,5)1(6)7/h4-8,10-13H,3,9H2,1-2H3,(H,21,22);(H,6,7). The van der Waals surface area contributed by atoms with Crippen molar-refractivity contribution >= 4 is 5.97 Å². The lowest BCUT2D eigenvalue weighted by atomic mass is 10.1. The fourth-order valence-corrected chi connectivity index (χ4v) is 2.53. The van der Waals surface area contributed by atoms with E-state index in [-0.39, 0.29) is 11.7 Å². The fourth-order valence-electron chi connectivity index (χ4n) is 2.53. The number of alkyl halides is 3. The molecule has 11 heteroatoms. The summed E-state index contributed by atoms with van der Waals surface area (Å²) in [6.45, 7) is 4.60. The van der Waals surface area contributed by atoms with Crippen LogP contribution < -0.4 is 15.0 Å². The number of nitrogens with zero attached hydrogens (tertiary/aromatic N) is 1. The van der Waals surface area contributed by atoms with Crippen molar-refractivity contribution in [3.8, 4) is 23.0 Å². The molecule has 1 unspecified atom stereocenters. The lowest BCUT2D eigenvalue weighted by molar-refractivity contribution is -0.192. The highest BCUT2D eigenvalue weighted by Gasteiger charge is 2.38. The van der Waals surface area contributed by atoms with Gasteiger partial charge in [-0.05, 0) is 37.6 Å². The first-order valence-electron chi connectivity index (χ1n) is 9.42. The van der Waals surface area contributed by atoms with Crippen LogP contribution in [0.5, 0.6) is 11.6 Å². The van der Waals surface area contributed by atoms with E-state index in [4.69, 9.17) is 23.9 Å². The molecule has 0 saturated heterocycles. The summed E-state index contributed by atoms with van der Waals surface area (Å²) in [6, 6.07) is 12.9. The van der Waals surface area contributed by atoms with Crippen LogP contribution >= 0.6 is 0 Å². The molecule has 8 nitrogen and oxygen atoms in total. The molecule has 3 aromatic rings. The van der Waals surface area contributed by atoms with E-state index < -0.39 is 12.1 Å². The van der Waals surface area contributed by atoms with Gasteiger partial charge in [0.1, 0.15) is 11.9 Å². The molecule has 32 heavy (non-hydrogen) atoms. The Morgan fingerprint density at radius 3 is 2.50 bits per heavy atom. The van der Waals surface area contributed by atoms with Crippen molar-refractivity contribution in [2.24, 2.45) is 0 Å². The quantitative estimate of drug-likeness (QED) is 0.553. The smallest absolute Gasteiger partial charge is 0.490 e. The Morgan fingerprint density at radius 1 is 1.25 bits per heavy atom. The van der Waals surface area contributed by atoms with Crippen LogP contribution in [-0.4, -0.2) is 40.1 Å². The average Bonchev–Trinajstić information content (AvgIpc) is 3.15. The summed E-state index contributed by atoms with van der Waals surface area (Å²) in [5.41, 5.74) is 1.57. The summed E-state index contributed by atoms with van der Waals surface area (Å²) >= 11 is 0. The Morgan fingerprint density at radius 2 is 1.97 bits per heavy atom. The van der Waals surface area contributed by atoms with E-state index in [0.29, 0.717) is 23.8 Å². The molecular weight excluding hydrogens is 433 g/mol. The third-order valence-electron chi connectivity index (χ3n) is 3.84. The summed E-state index contributed by atoms with van der Waals surface area (Å²) in [4.78, 5) is 24.3. The number of aromatic nitrogens is 2. The minimum absolute atomic E-state index is 0.0413. The molecule has 1 aromatic carbocycles. The first-order valence-corrected chi connectivity index (χ1v) is 9.42. The van der Waals surface area contributed by atoms with Crippen molar-refractivity contribution in [3.63, 3.8) is 0 Å². The number of aliphatic carboxylic acids is 1. The number of hydrogen-bond acceptors (Lipinski definition) is 6. The van der Waals surface area contributed by atoms with Gasteiger partial charge in [-0.3, -0.25) is 4.79 Å². The van der Waals surface area contributed by atoms with Crippen molar-refractivity contribution in [2.45, 2.75) is 32.5 Å². The molecule has 1 atom stereocenters. The molecule has 172 valence electrons. The summed E-state index contributed by atoms with van der Waals surface area (Å²) in [5.74, 6) is -0.921. The number of carboxylic acid groups (broad SMARTS) is 1. The minimum Gasteiger partial charge on any atom is -0.494 e. The lowest BCUT2D eigenvalue weighted by Crippen LogP contribution is -2.21. The van der Waals surface area contributed by atoms with Crippen LogP contribution in [0.3, 0.4) is 0 Å². The molecule has 0 saturated carbocycles. The van der Waals surface area contributed by atoms with Gasteiger partial charge in [0.15, 0.2) is 5.76 Å². The topological polar surface area (TPSA) is 115 Å². The van der Waals surface area contributed by atoms with Crippen LogP contribution in [0.15, 0.2) is 58.0 Å². The van der Waals surface area contributed by atoms with Crippen molar-refractivity contribution in [3.05, 3.63) is 64.6 Å². The van der Waals surface area contributed by atoms with Crippen molar-refractivity contribution in [1.29, 1.82) is 0 Å². The number of pyridine rings is 1. The molecular formula is C21H21F3N2O6.